The van der Waals surface area contributed by atoms with Gasteiger partial charge in [0.15, 0.2) is 12.4 Å². The normalized spacial score (nSPS) is 35.5. The number of carboxylic acid groups (broad SMARTS) is 2. The van der Waals surface area contributed by atoms with Crippen LogP contribution < -0.4 is 10.1 Å². The number of carbonyl (C=O) groups is 3. The minimum atomic E-state index is -1.94. The minimum Gasteiger partial charge on any atom is -0.479 e. The van der Waals surface area contributed by atoms with Crippen molar-refractivity contribution >= 4 is 23.9 Å². The highest BCUT2D eigenvalue weighted by molar-refractivity contribution is 5.85. The van der Waals surface area contributed by atoms with Gasteiger partial charge in [-0.25, -0.2) is 9.59 Å². The summed E-state index contributed by atoms with van der Waals surface area (Å²) in [5.41, 5.74) is 0.511. The van der Waals surface area contributed by atoms with E-state index in [-0.39, 0.29) is 5.75 Å². The van der Waals surface area contributed by atoms with Gasteiger partial charge in [0.05, 0.1) is 6.61 Å². The van der Waals surface area contributed by atoms with Crippen molar-refractivity contribution < 1.29 is 69.1 Å². The number of rotatable bonds is 9. The third kappa shape index (κ3) is 6.83. The summed E-state index contributed by atoms with van der Waals surface area (Å²) in [7, 11) is 0. The Morgan fingerprint density at radius 1 is 0.947 bits per heavy atom. The van der Waals surface area contributed by atoms with Gasteiger partial charge < -0.3 is 60.0 Å². The van der Waals surface area contributed by atoms with Crippen LogP contribution in [-0.4, -0.2) is 122 Å². The van der Waals surface area contributed by atoms with E-state index in [9.17, 15) is 45.0 Å². The fourth-order valence-electron chi connectivity index (χ4n) is 3.99. The maximum Gasteiger partial charge on any atom is 0.335 e. The molecule has 2 fully saturated rings. The summed E-state index contributed by atoms with van der Waals surface area (Å²) in [6.07, 6.45) is -13.3. The number of amides is 1. The average molecular weight is 543 g/mol. The second kappa shape index (κ2) is 12.6. The Morgan fingerprint density at radius 3 is 2.16 bits per heavy atom. The Morgan fingerprint density at radius 2 is 1.61 bits per heavy atom. The second-order valence-corrected chi connectivity index (χ2v) is 8.64. The highest BCUT2D eigenvalue weighted by Crippen LogP contribution is 2.30. The van der Waals surface area contributed by atoms with Crippen LogP contribution in [-0.2, 0) is 28.6 Å². The zero-order chi connectivity index (χ0) is 28.1. The van der Waals surface area contributed by atoms with Gasteiger partial charge in [0.1, 0.15) is 48.4 Å². The third-order valence-electron chi connectivity index (χ3n) is 5.88. The molecule has 1 amide bonds. The van der Waals surface area contributed by atoms with Crippen molar-refractivity contribution in [2.24, 2.45) is 0 Å². The first-order chi connectivity index (χ1) is 17.9. The highest BCUT2D eigenvalue weighted by atomic mass is 16.7. The molecule has 8 N–H and O–H groups in total. The molecule has 0 saturated carbocycles. The number of aliphatic hydroxyl groups excluding tert-OH is 5. The summed E-state index contributed by atoms with van der Waals surface area (Å²) >= 11 is 0. The summed E-state index contributed by atoms with van der Waals surface area (Å²) in [4.78, 5) is 34.2. The van der Waals surface area contributed by atoms with Gasteiger partial charge in [-0.2, -0.15) is 0 Å². The van der Waals surface area contributed by atoms with Crippen LogP contribution in [0.5, 0.6) is 5.75 Å². The van der Waals surface area contributed by atoms with E-state index in [1.54, 1.807) is 0 Å². The predicted octanol–water partition coefficient (Wildman–Crippen LogP) is -2.98. The van der Waals surface area contributed by atoms with E-state index in [1.165, 1.54) is 30.3 Å². The first-order valence-corrected chi connectivity index (χ1v) is 11.4. The molecule has 0 unspecified atom stereocenters. The number of aliphatic carboxylic acids is 2. The van der Waals surface area contributed by atoms with E-state index in [4.69, 9.17) is 24.1 Å². The van der Waals surface area contributed by atoms with E-state index in [0.717, 1.165) is 13.0 Å². The van der Waals surface area contributed by atoms with Gasteiger partial charge in [-0.3, -0.25) is 4.79 Å². The van der Waals surface area contributed by atoms with Crippen molar-refractivity contribution in [2.45, 2.75) is 68.3 Å². The molecule has 2 aliphatic heterocycles. The van der Waals surface area contributed by atoms with Crippen molar-refractivity contribution in [1.82, 2.24) is 5.32 Å². The Labute approximate surface area is 215 Å². The topological polar surface area (TPSA) is 242 Å². The Kier molecular flexibility index (Phi) is 9.75. The quantitative estimate of drug-likeness (QED) is 0.145. The number of carboxylic acids is 2. The molecule has 210 valence electrons. The molecule has 1 aromatic carbocycles. The van der Waals surface area contributed by atoms with Gasteiger partial charge in [0, 0.05) is 13.0 Å². The van der Waals surface area contributed by atoms with Crippen molar-refractivity contribution in [3.63, 3.8) is 0 Å². The summed E-state index contributed by atoms with van der Waals surface area (Å²) in [6.45, 7) is 0.341. The Hall–Kier alpha value is -3.15. The first kappa shape index (κ1) is 29.4. The minimum absolute atomic E-state index is 0.0986. The van der Waals surface area contributed by atoms with Gasteiger partial charge in [0.25, 0.3) is 0 Å². The van der Waals surface area contributed by atoms with Gasteiger partial charge in [-0.15, -0.1) is 0 Å². The number of ether oxygens (including phenoxy) is 4. The molecule has 1 aromatic rings. The SMILES string of the molecule is CC(=O)N[C@H]1[C@@H](O[C@H]2[C@H](O)[C@@H](O)[C@H](Oc3ccc(/C=C/C(=O)O)cc3)O[C@@H]2C(=O)O)O[C@H](CO)[C@@H](O)[C@@H]1O. The molecular weight excluding hydrogens is 514 g/mol. The number of aliphatic hydroxyl groups is 5. The zero-order valence-electron chi connectivity index (χ0n) is 19.9. The van der Waals surface area contributed by atoms with Crippen LogP contribution in [0.2, 0.25) is 0 Å². The summed E-state index contributed by atoms with van der Waals surface area (Å²) in [6, 6.07) is 4.34. The lowest BCUT2D eigenvalue weighted by molar-refractivity contribution is -0.332. The lowest BCUT2D eigenvalue weighted by Crippen LogP contribution is -2.68. The fourth-order valence-corrected chi connectivity index (χ4v) is 3.99. The van der Waals surface area contributed by atoms with Crippen LogP contribution in [0.3, 0.4) is 0 Å². The molecular formula is C23H29NO14. The predicted molar refractivity (Wildman–Crippen MR) is 122 cm³/mol. The zero-order valence-corrected chi connectivity index (χ0v) is 19.9. The molecule has 0 spiro atoms. The number of nitrogens with one attached hydrogen (secondary N) is 1. The average Bonchev–Trinajstić information content (AvgIpc) is 2.86. The van der Waals surface area contributed by atoms with Crippen molar-refractivity contribution in [3.05, 3.63) is 35.9 Å². The standard InChI is InChI=1S/C23H29NO14/c1-9(26)24-14-16(30)15(29)12(8-25)36-22(14)37-19-17(31)18(32)23(38-20(19)21(33)34)35-11-5-2-10(3-6-11)4-7-13(27)28/h2-7,12,14-20,22-23,25,29-32H,8H2,1H3,(H,24,26)(H,27,28)(H,33,34)/b7-4+/t12-,14-,15-,16-,17-,18-,19+,20+,22-,23-/m1/s1. The van der Waals surface area contributed by atoms with E-state index in [2.05, 4.69) is 5.32 Å². The molecule has 10 atom stereocenters. The first-order valence-electron chi connectivity index (χ1n) is 11.4. The molecule has 2 heterocycles. The third-order valence-corrected chi connectivity index (χ3v) is 5.88. The number of benzene rings is 1. The Balaban J connectivity index is 1.78. The van der Waals surface area contributed by atoms with Crippen LogP contribution in [0.15, 0.2) is 30.3 Å². The van der Waals surface area contributed by atoms with Crippen LogP contribution in [0.25, 0.3) is 6.08 Å². The largest absolute Gasteiger partial charge is 0.479 e. The van der Waals surface area contributed by atoms with Gasteiger partial charge >= 0.3 is 11.9 Å². The maximum atomic E-state index is 12.0. The number of carbonyl (C=O) groups excluding carboxylic acids is 1. The molecule has 38 heavy (non-hydrogen) atoms. The van der Waals surface area contributed by atoms with Crippen LogP contribution >= 0.6 is 0 Å². The number of hydrogen-bond donors (Lipinski definition) is 8. The molecule has 0 aromatic heterocycles. The highest BCUT2D eigenvalue weighted by Gasteiger charge is 2.53. The molecule has 15 nitrogen and oxygen atoms in total. The summed E-state index contributed by atoms with van der Waals surface area (Å²) in [5, 5.41) is 72.1. The van der Waals surface area contributed by atoms with Gasteiger partial charge in [-0.1, -0.05) is 12.1 Å². The van der Waals surface area contributed by atoms with E-state index in [0.29, 0.717) is 5.56 Å². The molecule has 0 bridgehead atoms. The molecule has 2 aliphatic rings. The maximum absolute atomic E-state index is 12.0. The fraction of sp³-hybridized carbons (Fsp3) is 0.522. The van der Waals surface area contributed by atoms with E-state index < -0.39 is 85.8 Å². The van der Waals surface area contributed by atoms with Crippen LogP contribution in [0, 0.1) is 0 Å². The molecule has 2 saturated heterocycles. The van der Waals surface area contributed by atoms with E-state index in [1.807, 2.05) is 0 Å². The van der Waals surface area contributed by atoms with Gasteiger partial charge in [0.2, 0.25) is 12.2 Å². The van der Waals surface area contributed by atoms with Crippen molar-refractivity contribution in [2.75, 3.05) is 6.61 Å². The monoisotopic (exact) mass is 543 g/mol. The molecule has 0 aliphatic carbocycles. The van der Waals surface area contributed by atoms with E-state index >= 15 is 0 Å². The lowest BCUT2D eigenvalue weighted by atomic mass is 9.95. The second-order valence-electron chi connectivity index (χ2n) is 8.64. The summed E-state index contributed by atoms with van der Waals surface area (Å²) < 4.78 is 21.8. The van der Waals surface area contributed by atoms with Crippen LogP contribution in [0.1, 0.15) is 12.5 Å². The summed E-state index contributed by atoms with van der Waals surface area (Å²) in [5.74, 6) is -3.32. The number of hydrogen-bond acceptors (Lipinski definition) is 12. The van der Waals surface area contributed by atoms with Crippen LogP contribution in [0.4, 0.5) is 0 Å². The molecule has 15 heteroatoms. The molecule has 3 rings (SSSR count). The smallest absolute Gasteiger partial charge is 0.335 e. The lowest BCUT2D eigenvalue weighted by Gasteiger charge is -2.46. The Bertz CT molecular complexity index is 1020. The van der Waals surface area contributed by atoms with Gasteiger partial charge in [-0.05, 0) is 23.8 Å². The molecule has 0 radical (unpaired) electrons. The van der Waals surface area contributed by atoms with Crippen molar-refractivity contribution in [1.29, 1.82) is 0 Å². The van der Waals surface area contributed by atoms with Crippen molar-refractivity contribution in [3.8, 4) is 5.75 Å².